The number of hydrogen-bond donors (Lipinski definition) is 4. The van der Waals surface area contributed by atoms with Crippen molar-refractivity contribution in [1.29, 1.82) is 0 Å². The summed E-state index contributed by atoms with van der Waals surface area (Å²) in [5, 5.41) is 0. The summed E-state index contributed by atoms with van der Waals surface area (Å²) in [4.78, 5) is 0. The van der Waals surface area contributed by atoms with E-state index in [2.05, 4.69) is 0 Å². The molecule has 0 amide bonds. The molecular formula is H6CaEuO6S2. The van der Waals surface area contributed by atoms with Gasteiger partial charge in [-0.1, -0.05) is 0 Å². The molecule has 0 aliphatic rings. The van der Waals surface area contributed by atoms with Crippen LogP contribution >= 0.6 is 0 Å². The van der Waals surface area contributed by atoms with Crippen molar-refractivity contribution in [3.63, 3.8) is 0 Å². The zero-order chi connectivity index (χ0) is 7.15. The SMILES string of the molecule is O=S(O)O.O=S(O)O.[CaH2].[Eu]. The van der Waals surface area contributed by atoms with Crippen molar-refractivity contribution in [2.75, 3.05) is 0 Å². The van der Waals surface area contributed by atoms with Crippen LogP contribution in [0.2, 0.25) is 0 Å². The van der Waals surface area contributed by atoms with Gasteiger partial charge in [0.1, 0.15) is 0 Å². The molecule has 0 aromatic rings. The maximum absolute atomic E-state index is 8.67. The standard InChI is InChI=1S/Ca.Eu.2H2O3S.2H/c;;2*1-4(2)3;;/h;;2*(H2,1,2,3);;. The minimum Gasteiger partial charge on any atom is 0 e. The largest absolute Gasteiger partial charge is 0 e. The molecule has 0 spiro atoms. The molecule has 63 valence electrons. The fourth-order valence-electron chi connectivity index (χ4n) is 0. The van der Waals surface area contributed by atoms with Crippen LogP contribution in [0.25, 0.3) is 0 Å². The summed E-state index contributed by atoms with van der Waals surface area (Å²) in [6.45, 7) is 0. The molecule has 0 aliphatic carbocycles. The Hall–Kier alpha value is 2.98. The minimum atomic E-state index is -2.61. The van der Waals surface area contributed by atoms with Crippen LogP contribution in [0.3, 0.4) is 0 Å². The fraction of sp³-hybridized carbons (Fsp3) is 0. The molecule has 0 unspecified atom stereocenters. The van der Waals surface area contributed by atoms with Crippen molar-refractivity contribution >= 4 is 60.5 Å². The predicted molar refractivity (Wildman–Crippen MR) is 35.3 cm³/mol. The van der Waals surface area contributed by atoms with Gasteiger partial charge in [-0.2, -0.15) is 8.42 Å². The first-order valence-corrected chi connectivity index (χ1v) is 3.19. The molecule has 0 saturated carbocycles. The molecule has 4 N–H and O–H groups in total. The molecule has 10 heteroatoms. The Bertz CT molecular complexity index is 73.7. The van der Waals surface area contributed by atoms with Crippen molar-refractivity contribution in [3.8, 4) is 0 Å². The second kappa shape index (κ2) is 17.9. The van der Waals surface area contributed by atoms with E-state index in [-0.39, 0.29) is 87.1 Å². The summed E-state index contributed by atoms with van der Waals surface area (Å²) < 4.78 is 45.7. The smallest absolute Gasteiger partial charge is 0 e. The van der Waals surface area contributed by atoms with E-state index in [0.717, 1.165) is 0 Å². The molecule has 0 aromatic heterocycles. The third-order valence-corrected chi connectivity index (χ3v) is 0. The summed E-state index contributed by atoms with van der Waals surface area (Å²) >= 11 is -5.22. The van der Waals surface area contributed by atoms with Crippen LogP contribution in [0.15, 0.2) is 0 Å². The van der Waals surface area contributed by atoms with Crippen LogP contribution in [0.5, 0.6) is 0 Å². The summed E-state index contributed by atoms with van der Waals surface area (Å²) in [6.07, 6.45) is 0. The maximum atomic E-state index is 8.67. The van der Waals surface area contributed by atoms with Crippen molar-refractivity contribution in [2.45, 2.75) is 0 Å². The molecule has 1 radical (unpaired) electrons. The van der Waals surface area contributed by atoms with E-state index in [9.17, 15) is 0 Å². The van der Waals surface area contributed by atoms with Crippen molar-refractivity contribution in [1.82, 2.24) is 0 Å². The van der Waals surface area contributed by atoms with E-state index in [4.69, 9.17) is 26.6 Å². The monoisotopic (exact) mass is 359 g/mol. The maximum Gasteiger partial charge on any atom is 0 e. The van der Waals surface area contributed by atoms with Gasteiger partial charge >= 0.3 is 37.7 Å². The molecule has 0 aliphatic heterocycles. The molecule has 0 atom stereocenters. The average molecular weight is 358 g/mol. The Morgan fingerprint density at radius 1 is 0.800 bits per heavy atom. The molecule has 0 saturated heterocycles. The van der Waals surface area contributed by atoms with Gasteiger partial charge in [-0.25, -0.2) is 0 Å². The van der Waals surface area contributed by atoms with Crippen LogP contribution in [0.1, 0.15) is 0 Å². The molecule has 0 aromatic carbocycles. The molecule has 10 heavy (non-hydrogen) atoms. The van der Waals surface area contributed by atoms with E-state index >= 15 is 0 Å². The number of rotatable bonds is 0. The van der Waals surface area contributed by atoms with Gasteiger partial charge in [0, 0.05) is 49.4 Å². The molecule has 0 bridgehead atoms. The van der Waals surface area contributed by atoms with Gasteiger partial charge in [-0.15, -0.1) is 0 Å². The van der Waals surface area contributed by atoms with Gasteiger partial charge in [0.05, 0.1) is 0 Å². The van der Waals surface area contributed by atoms with Crippen LogP contribution in [-0.4, -0.2) is 64.4 Å². The first-order chi connectivity index (χ1) is 3.46. The zero-order valence-corrected chi connectivity index (χ0v) is 7.86. The summed E-state index contributed by atoms with van der Waals surface area (Å²) in [7, 11) is 0. The Morgan fingerprint density at radius 2 is 0.800 bits per heavy atom. The zero-order valence-electron chi connectivity index (χ0n) is 3.80. The normalized spacial score (nSPS) is 7.00. The third-order valence-electron chi connectivity index (χ3n) is 0. The van der Waals surface area contributed by atoms with Gasteiger partial charge in [-0.3, -0.25) is 18.2 Å². The topological polar surface area (TPSA) is 115 Å². The molecular weight excluding hydrogens is 352 g/mol. The van der Waals surface area contributed by atoms with Gasteiger partial charge < -0.3 is 0 Å². The second-order valence-electron chi connectivity index (χ2n) is 0.461. The van der Waals surface area contributed by atoms with Crippen molar-refractivity contribution < 1.29 is 76.0 Å². The van der Waals surface area contributed by atoms with Crippen LogP contribution in [-0.2, 0) is 22.7 Å². The van der Waals surface area contributed by atoms with Crippen molar-refractivity contribution in [2.24, 2.45) is 0 Å². The van der Waals surface area contributed by atoms with Crippen LogP contribution in [0, 0.1) is 49.4 Å². The molecule has 0 heterocycles. The molecule has 0 rings (SSSR count). The van der Waals surface area contributed by atoms with E-state index < -0.39 is 22.7 Å². The van der Waals surface area contributed by atoms with Crippen LogP contribution in [0.4, 0.5) is 0 Å². The Kier molecular flexibility index (Phi) is 41.4. The first-order valence-electron chi connectivity index (χ1n) is 1.06. The Balaban J connectivity index is -0.0000000300. The van der Waals surface area contributed by atoms with Gasteiger partial charge in [0.2, 0.25) is 0 Å². The van der Waals surface area contributed by atoms with Gasteiger partial charge in [0.25, 0.3) is 22.7 Å². The quantitative estimate of drug-likeness (QED) is 0.308. The van der Waals surface area contributed by atoms with E-state index in [1.54, 1.807) is 0 Å². The molecule has 0 fully saturated rings. The fourth-order valence-corrected chi connectivity index (χ4v) is 0. The minimum absolute atomic E-state index is 0. The van der Waals surface area contributed by atoms with Gasteiger partial charge in [0.15, 0.2) is 0 Å². The van der Waals surface area contributed by atoms with Crippen LogP contribution < -0.4 is 0 Å². The van der Waals surface area contributed by atoms with E-state index in [1.807, 2.05) is 0 Å². The number of hydrogen-bond acceptors (Lipinski definition) is 2. The summed E-state index contributed by atoms with van der Waals surface area (Å²) in [5.41, 5.74) is 0. The van der Waals surface area contributed by atoms with Crippen molar-refractivity contribution in [3.05, 3.63) is 0 Å². The Labute approximate surface area is 133 Å². The van der Waals surface area contributed by atoms with E-state index in [0.29, 0.717) is 0 Å². The summed E-state index contributed by atoms with van der Waals surface area (Å²) in [6, 6.07) is 0. The average Bonchev–Trinajstić information content (AvgIpc) is 1.25. The molecule has 6 nitrogen and oxygen atoms in total. The third kappa shape index (κ3) is 123. The van der Waals surface area contributed by atoms with E-state index in [1.165, 1.54) is 0 Å². The predicted octanol–water partition coefficient (Wildman–Crippen LogP) is -1.55. The Morgan fingerprint density at radius 3 is 0.800 bits per heavy atom. The summed E-state index contributed by atoms with van der Waals surface area (Å²) in [5.74, 6) is 0. The first kappa shape index (κ1) is 23.1. The second-order valence-corrected chi connectivity index (χ2v) is 1.38. The van der Waals surface area contributed by atoms with Gasteiger partial charge in [-0.05, 0) is 0 Å².